The molecule has 0 aliphatic heterocycles. The van der Waals surface area contributed by atoms with Gasteiger partial charge < -0.3 is 9.25 Å². The Labute approximate surface area is 67.2 Å². The summed E-state index contributed by atoms with van der Waals surface area (Å²) in [7, 11) is 0. The van der Waals surface area contributed by atoms with Crippen molar-refractivity contribution in [2.24, 2.45) is 5.90 Å². The van der Waals surface area contributed by atoms with Crippen molar-refractivity contribution in [3.05, 3.63) is 22.6 Å². The van der Waals surface area contributed by atoms with Gasteiger partial charge in [-0.3, -0.25) is 0 Å². The Morgan fingerprint density at radius 2 is 2.40 bits per heavy atom. The monoisotopic (exact) mass is 205 g/mol. The summed E-state index contributed by atoms with van der Waals surface area (Å²) in [6, 6.07) is 3.72. The van der Waals surface area contributed by atoms with Crippen molar-refractivity contribution in [2.45, 2.75) is 6.42 Å². The minimum absolute atomic E-state index is 0.486. The molecule has 2 N–H and O–H groups in total. The Kier molecular flexibility index (Phi) is 2.92. The van der Waals surface area contributed by atoms with E-state index in [-0.39, 0.29) is 0 Å². The molecule has 10 heavy (non-hydrogen) atoms. The first kappa shape index (κ1) is 7.78. The Morgan fingerprint density at radius 3 is 2.90 bits per heavy atom. The smallest absolute Gasteiger partial charge is 0.169 e. The maximum atomic E-state index is 5.17. The van der Waals surface area contributed by atoms with Crippen molar-refractivity contribution >= 4 is 15.9 Å². The van der Waals surface area contributed by atoms with Gasteiger partial charge in [0.1, 0.15) is 5.76 Å². The zero-order valence-corrected chi connectivity index (χ0v) is 6.93. The summed E-state index contributed by atoms with van der Waals surface area (Å²) in [5.74, 6) is 5.70. The summed E-state index contributed by atoms with van der Waals surface area (Å²) >= 11 is 3.19. The maximum Gasteiger partial charge on any atom is 0.169 e. The number of hydrogen-bond acceptors (Lipinski definition) is 3. The van der Waals surface area contributed by atoms with E-state index in [4.69, 9.17) is 10.3 Å². The second kappa shape index (κ2) is 3.75. The van der Waals surface area contributed by atoms with Crippen molar-refractivity contribution in [2.75, 3.05) is 6.61 Å². The van der Waals surface area contributed by atoms with Gasteiger partial charge in [0, 0.05) is 6.42 Å². The van der Waals surface area contributed by atoms with Crippen molar-refractivity contribution in [1.82, 2.24) is 0 Å². The summed E-state index contributed by atoms with van der Waals surface area (Å²) in [5.41, 5.74) is 0. The lowest BCUT2D eigenvalue weighted by atomic mass is 10.3. The molecule has 1 aromatic heterocycles. The van der Waals surface area contributed by atoms with Crippen molar-refractivity contribution in [1.29, 1.82) is 0 Å². The van der Waals surface area contributed by atoms with Crippen molar-refractivity contribution < 1.29 is 9.25 Å². The predicted octanol–water partition coefficient (Wildman–Crippen LogP) is 1.47. The van der Waals surface area contributed by atoms with E-state index in [1.165, 1.54) is 0 Å². The highest BCUT2D eigenvalue weighted by molar-refractivity contribution is 9.10. The molecule has 0 unspecified atom stereocenters. The minimum atomic E-state index is 0.486. The number of halogens is 1. The van der Waals surface area contributed by atoms with Crippen LogP contribution in [0.2, 0.25) is 0 Å². The van der Waals surface area contributed by atoms with E-state index in [0.29, 0.717) is 13.0 Å². The summed E-state index contributed by atoms with van der Waals surface area (Å²) in [5, 5.41) is 0. The summed E-state index contributed by atoms with van der Waals surface area (Å²) in [4.78, 5) is 4.38. The zero-order valence-electron chi connectivity index (χ0n) is 5.34. The van der Waals surface area contributed by atoms with Crippen LogP contribution in [-0.4, -0.2) is 6.61 Å². The van der Waals surface area contributed by atoms with Crippen LogP contribution in [0.25, 0.3) is 0 Å². The second-order valence-electron chi connectivity index (χ2n) is 1.83. The Morgan fingerprint density at radius 1 is 1.60 bits per heavy atom. The van der Waals surface area contributed by atoms with Crippen LogP contribution in [0.15, 0.2) is 21.2 Å². The zero-order chi connectivity index (χ0) is 7.40. The number of nitrogens with two attached hydrogens (primary N) is 1. The number of rotatable bonds is 3. The average Bonchev–Trinajstić information content (AvgIpc) is 2.31. The third kappa shape index (κ3) is 2.13. The second-order valence-corrected chi connectivity index (χ2v) is 2.61. The van der Waals surface area contributed by atoms with Crippen LogP contribution in [0.4, 0.5) is 0 Å². The molecular weight excluding hydrogens is 198 g/mol. The summed E-state index contributed by atoms with van der Waals surface area (Å²) < 4.78 is 5.90. The fourth-order valence-corrected chi connectivity index (χ4v) is 0.986. The molecule has 1 rings (SSSR count). The standard InChI is InChI=1S/C6H8BrNO2/c7-6-2-1-5(10-6)3-4-9-8/h1-2H,3-4,8H2. The van der Waals surface area contributed by atoms with Gasteiger partial charge in [-0.05, 0) is 28.1 Å². The Hall–Kier alpha value is -0.320. The molecule has 3 nitrogen and oxygen atoms in total. The molecule has 1 aromatic rings. The molecule has 0 bridgehead atoms. The minimum Gasteiger partial charge on any atom is -0.454 e. The van der Waals surface area contributed by atoms with Gasteiger partial charge in [-0.25, -0.2) is 5.90 Å². The van der Waals surface area contributed by atoms with Crippen LogP contribution in [0, 0.1) is 0 Å². The van der Waals surface area contributed by atoms with E-state index in [9.17, 15) is 0 Å². The molecule has 0 fully saturated rings. The lowest BCUT2D eigenvalue weighted by Crippen LogP contribution is -2.02. The molecule has 56 valence electrons. The van der Waals surface area contributed by atoms with Crippen LogP contribution in [0.5, 0.6) is 0 Å². The van der Waals surface area contributed by atoms with Gasteiger partial charge in [-0.2, -0.15) is 0 Å². The molecule has 0 aliphatic carbocycles. The molecule has 4 heteroatoms. The van der Waals surface area contributed by atoms with Crippen LogP contribution in [-0.2, 0) is 11.3 Å². The lowest BCUT2D eigenvalue weighted by Gasteiger charge is -1.92. The number of hydrogen-bond donors (Lipinski definition) is 1. The van der Waals surface area contributed by atoms with Crippen LogP contribution < -0.4 is 5.90 Å². The Bertz CT molecular complexity index is 199. The van der Waals surface area contributed by atoms with Crippen LogP contribution in [0.3, 0.4) is 0 Å². The van der Waals surface area contributed by atoms with E-state index >= 15 is 0 Å². The Balaban J connectivity index is 2.42. The van der Waals surface area contributed by atoms with Gasteiger partial charge in [0.2, 0.25) is 0 Å². The lowest BCUT2D eigenvalue weighted by molar-refractivity contribution is 0.137. The average molecular weight is 206 g/mol. The van der Waals surface area contributed by atoms with Crippen molar-refractivity contribution in [3.8, 4) is 0 Å². The predicted molar refractivity (Wildman–Crippen MR) is 40.3 cm³/mol. The first-order chi connectivity index (χ1) is 4.83. The summed E-state index contributed by atoms with van der Waals surface area (Å²) in [6.07, 6.45) is 0.710. The van der Waals surface area contributed by atoms with E-state index in [1.54, 1.807) is 0 Å². The SMILES string of the molecule is NOCCc1ccc(Br)o1. The molecule has 0 saturated heterocycles. The van der Waals surface area contributed by atoms with Gasteiger partial charge in [0.05, 0.1) is 6.61 Å². The fraction of sp³-hybridized carbons (Fsp3) is 0.333. The third-order valence-corrected chi connectivity index (χ3v) is 1.52. The van der Waals surface area contributed by atoms with E-state index in [2.05, 4.69) is 20.8 Å². The molecule has 1 heterocycles. The third-order valence-electron chi connectivity index (χ3n) is 1.10. The molecule has 0 aliphatic rings. The van der Waals surface area contributed by atoms with E-state index in [0.717, 1.165) is 10.4 Å². The van der Waals surface area contributed by atoms with Crippen molar-refractivity contribution in [3.63, 3.8) is 0 Å². The van der Waals surface area contributed by atoms with Gasteiger partial charge in [0.15, 0.2) is 4.67 Å². The molecule has 0 atom stereocenters. The van der Waals surface area contributed by atoms with Gasteiger partial charge in [-0.1, -0.05) is 0 Å². The van der Waals surface area contributed by atoms with Crippen LogP contribution >= 0.6 is 15.9 Å². The highest BCUT2D eigenvalue weighted by Gasteiger charge is 1.97. The first-order valence-electron chi connectivity index (χ1n) is 2.89. The summed E-state index contributed by atoms with van der Waals surface area (Å²) in [6.45, 7) is 0.486. The molecule has 0 aromatic carbocycles. The normalized spacial score (nSPS) is 10.2. The van der Waals surface area contributed by atoms with Crippen LogP contribution in [0.1, 0.15) is 5.76 Å². The number of furan rings is 1. The van der Waals surface area contributed by atoms with E-state index in [1.807, 2.05) is 12.1 Å². The molecule has 0 amide bonds. The first-order valence-corrected chi connectivity index (χ1v) is 3.68. The fourth-order valence-electron chi connectivity index (χ4n) is 0.646. The molecular formula is C6H8BrNO2. The van der Waals surface area contributed by atoms with Gasteiger partial charge in [0.25, 0.3) is 0 Å². The highest BCUT2D eigenvalue weighted by atomic mass is 79.9. The van der Waals surface area contributed by atoms with Gasteiger partial charge in [-0.15, -0.1) is 0 Å². The highest BCUT2D eigenvalue weighted by Crippen LogP contribution is 2.13. The maximum absolute atomic E-state index is 5.17. The molecule has 0 radical (unpaired) electrons. The molecule has 0 saturated carbocycles. The molecule has 0 spiro atoms. The topological polar surface area (TPSA) is 48.4 Å². The quantitative estimate of drug-likeness (QED) is 0.761. The van der Waals surface area contributed by atoms with E-state index < -0.39 is 0 Å². The van der Waals surface area contributed by atoms with Gasteiger partial charge >= 0.3 is 0 Å². The largest absolute Gasteiger partial charge is 0.454 e.